The van der Waals surface area contributed by atoms with Crippen LogP contribution in [0.3, 0.4) is 0 Å². The van der Waals surface area contributed by atoms with Crippen LogP contribution < -0.4 is 5.32 Å². The van der Waals surface area contributed by atoms with E-state index in [1.54, 1.807) is 30.3 Å². The lowest BCUT2D eigenvalue weighted by atomic mass is 10.1. The second-order valence-electron chi connectivity index (χ2n) is 4.17. The van der Waals surface area contributed by atoms with E-state index in [1.165, 1.54) is 11.8 Å². The first-order valence-electron chi connectivity index (χ1n) is 6.22. The molecule has 1 amide bonds. The zero-order valence-electron chi connectivity index (χ0n) is 11.1. The van der Waals surface area contributed by atoms with Gasteiger partial charge in [0.15, 0.2) is 5.78 Å². The summed E-state index contributed by atoms with van der Waals surface area (Å²) < 4.78 is 0. The average Bonchev–Trinajstić information content (AvgIpc) is 2.53. The highest BCUT2D eigenvalue weighted by Crippen LogP contribution is 2.19. The molecule has 0 saturated heterocycles. The maximum absolute atomic E-state index is 12.1. The minimum Gasteiger partial charge on any atom is -0.345 e. The lowest BCUT2D eigenvalue weighted by Gasteiger charge is -2.08. The maximum Gasteiger partial charge on any atom is 0.252 e. The SMILES string of the molecule is CSc1ccccc1C(=O)NCC(=O)c1ccccc1. The number of ketones is 1. The highest BCUT2D eigenvalue weighted by Gasteiger charge is 2.12. The van der Waals surface area contributed by atoms with Gasteiger partial charge in [0.25, 0.3) is 5.91 Å². The standard InChI is InChI=1S/C16H15NO2S/c1-20-15-10-6-5-9-13(15)16(19)17-11-14(18)12-7-3-2-4-8-12/h2-10H,11H2,1H3,(H,17,19). The molecule has 4 heteroatoms. The van der Waals surface area contributed by atoms with Gasteiger partial charge in [0, 0.05) is 10.5 Å². The zero-order valence-corrected chi connectivity index (χ0v) is 11.9. The third kappa shape index (κ3) is 3.48. The maximum atomic E-state index is 12.1. The number of thioether (sulfide) groups is 1. The fraction of sp³-hybridized carbons (Fsp3) is 0.125. The number of hydrogen-bond acceptors (Lipinski definition) is 3. The Kier molecular flexibility index (Phi) is 4.96. The Balaban J connectivity index is 2.01. The summed E-state index contributed by atoms with van der Waals surface area (Å²) in [5.41, 5.74) is 1.20. The Bertz CT molecular complexity index is 611. The molecule has 0 aliphatic rings. The molecule has 0 bridgehead atoms. The van der Waals surface area contributed by atoms with Crippen molar-refractivity contribution in [1.82, 2.24) is 5.32 Å². The molecule has 0 saturated carbocycles. The molecule has 0 fully saturated rings. The number of carbonyl (C=O) groups is 2. The van der Waals surface area contributed by atoms with Gasteiger partial charge in [-0.25, -0.2) is 0 Å². The van der Waals surface area contributed by atoms with Crippen LogP contribution in [0, 0.1) is 0 Å². The normalized spacial score (nSPS) is 10.1. The van der Waals surface area contributed by atoms with E-state index < -0.39 is 0 Å². The van der Waals surface area contributed by atoms with Crippen LogP contribution in [0.15, 0.2) is 59.5 Å². The summed E-state index contributed by atoms with van der Waals surface area (Å²) in [4.78, 5) is 24.9. The molecule has 0 aliphatic heterocycles. The van der Waals surface area contributed by atoms with Crippen LogP contribution in [0.25, 0.3) is 0 Å². The quantitative estimate of drug-likeness (QED) is 0.678. The summed E-state index contributed by atoms with van der Waals surface area (Å²) in [6.45, 7) is 0.00552. The molecular formula is C16H15NO2S. The number of benzene rings is 2. The van der Waals surface area contributed by atoms with Crippen LogP contribution in [-0.4, -0.2) is 24.5 Å². The Morgan fingerprint density at radius 1 is 1.00 bits per heavy atom. The first kappa shape index (κ1) is 14.3. The molecule has 0 heterocycles. The number of Topliss-reactive ketones (excluding diaryl/α,β-unsaturated/α-hetero) is 1. The van der Waals surface area contributed by atoms with Crippen LogP contribution in [0.1, 0.15) is 20.7 Å². The predicted octanol–water partition coefficient (Wildman–Crippen LogP) is 3.02. The molecule has 0 aromatic heterocycles. The first-order valence-corrected chi connectivity index (χ1v) is 7.44. The second-order valence-corrected chi connectivity index (χ2v) is 5.02. The highest BCUT2D eigenvalue weighted by molar-refractivity contribution is 7.98. The minimum atomic E-state index is -0.223. The van der Waals surface area contributed by atoms with Gasteiger partial charge in [-0.05, 0) is 18.4 Å². The van der Waals surface area contributed by atoms with E-state index in [2.05, 4.69) is 5.32 Å². The van der Waals surface area contributed by atoms with E-state index in [0.717, 1.165) is 4.90 Å². The lowest BCUT2D eigenvalue weighted by molar-refractivity contribution is 0.0902. The molecule has 2 aromatic rings. The van der Waals surface area contributed by atoms with Gasteiger partial charge in [-0.15, -0.1) is 11.8 Å². The van der Waals surface area contributed by atoms with Gasteiger partial charge in [0.05, 0.1) is 12.1 Å². The summed E-state index contributed by atoms with van der Waals surface area (Å²) in [5.74, 6) is -0.320. The number of hydrogen-bond donors (Lipinski definition) is 1. The fourth-order valence-electron chi connectivity index (χ4n) is 1.81. The van der Waals surface area contributed by atoms with Crippen LogP contribution >= 0.6 is 11.8 Å². The van der Waals surface area contributed by atoms with Crippen LogP contribution in [0.5, 0.6) is 0 Å². The third-order valence-electron chi connectivity index (χ3n) is 2.86. The Hall–Kier alpha value is -2.07. The van der Waals surface area contributed by atoms with Gasteiger partial charge in [-0.1, -0.05) is 42.5 Å². The van der Waals surface area contributed by atoms with Crippen molar-refractivity contribution in [1.29, 1.82) is 0 Å². The highest BCUT2D eigenvalue weighted by atomic mass is 32.2. The van der Waals surface area contributed by atoms with E-state index in [1.807, 2.05) is 30.5 Å². The summed E-state index contributed by atoms with van der Waals surface area (Å²) in [5, 5.41) is 2.67. The molecule has 1 N–H and O–H groups in total. The first-order chi connectivity index (χ1) is 9.72. The largest absolute Gasteiger partial charge is 0.345 e. The third-order valence-corrected chi connectivity index (χ3v) is 3.65. The van der Waals surface area contributed by atoms with E-state index >= 15 is 0 Å². The monoisotopic (exact) mass is 285 g/mol. The molecule has 0 unspecified atom stereocenters. The van der Waals surface area contributed by atoms with Crippen LogP contribution in [-0.2, 0) is 0 Å². The lowest BCUT2D eigenvalue weighted by Crippen LogP contribution is -2.29. The molecule has 102 valence electrons. The fourth-order valence-corrected chi connectivity index (χ4v) is 2.41. The van der Waals surface area contributed by atoms with Crippen LogP contribution in [0.2, 0.25) is 0 Å². The van der Waals surface area contributed by atoms with Gasteiger partial charge in [0.2, 0.25) is 0 Å². The summed E-state index contributed by atoms with van der Waals surface area (Å²) in [7, 11) is 0. The predicted molar refractivity (Wildman–Crippen MR) is 81.3 cm³/mol. The van der Waals surface area contributed by atoms with E-state index in [4.69, 9.17) is 0 Å². The van der Waals surface area contributed by atoms with Crippen molar-refractivity contribution in [3.63, 3.8) is 0 Å². The number of amides is 1. The molecule has 0 spiro atoms. The van der Waals surface area contributed by atoms with E-state index in [-0.39, 0.29) is 18.2 Å². The van der Waals surface area contributed by atoms with Crippen molar-refractivity contribution in [2.45, 2.75) is 4.90 Å². The summed E-state index contributed by atoms with van der Waals surface area (Å²) in [6.07, 6.45) is 1.92. The molecule has 2 aromatic carbocycles. The molecule has 0 atom stereocenters. The van der Waals surface area contributed by atoms with Crippen molar-refractivity contribution in [2.24, 2.45) is 0 Å². The van der Waals surface area contributed by atoms with E-state index in [9.17, 15) is 9.59 Å². The Morgan fingerprint density at radius 2 is 1.65 bits per heavy atom. The summed E-state index contributed by atoms with van der Waals surface area (Å²) in [6, 6.07) is 16.3. The topological polar surface area (TPSA) is 46.2 Å². The van der Waals surface area contributed by atoms with E-state index in [0.29, 0.717) is 11.1 Å². The molecule has 2 rings (SSSR count). The van der Waals surface area contributed by atoms with Crippen molar-refractivity contribution in [2.75, 3.05) is 12.8 Å². The Labute approximate surface area is 122 Å². The molecule has 0 aliphatic carbocycles. The molecule has 20 heavy (non-hydrogen) atoms. The van der Waals surface area contributed by atoms with Crippen molar-refractivity contribution in [3.05, 3.63) is 65.7 Å². The number of carbonyl (C=O) groups excluding carboxylic acids is 2. The Morgan fingerprint density at radius 3 is 2.35 bits per heavy atom. The molecular weight excluding hydrogens is 270 g/mol. The van der Waals surface area contributed by atoms with Crippen LogP contribution in [0.4, 0.5) is 0 Å². The average molecular weight is 285 g/mol. The van der Waals surface area contributed by atoms with Gasteiger partial charge in [0.1, 0.15) is 0 Å². The molecule has 3 nitrogen and oxygen atoms in total. The van der Waals surface area contributed by atoms with Crippen molar-refractivity contribution in [3.8, 4) is 0 Å². The second kappa shape index (κ2) is 6.91. The van der Waals surface area contributed by atoms with Gasteiger partial charge in [-0.2, -0.15) is 0 Å². The van der Waals surface area contributed by atoms with Gasteiger partial charge >= 0.3 is 0 Å². The van der Waals surface area contributed by atoms with Crippen molar-refractivity contribution < 1.29 is 9.59 Å². The van der Waals surface area contributed by atoms with Crippen molar-refractivity contribution >= 4 is 23.5 Å². The van der Waals surface area contributed by atoms with Gasteiger partial charge < -0.3 is 5.32 Å². The smallest absolute Gasteiger partial charge is 0.252 e. The zero-order chi connectivity index (χ0) is 14.4. The molecule has 0 radical (unpaired) electrons. The number of nitrogens with one attached hydrogen (secondary N) is 1. The summed E-state index contributed by atoms with van der Waals surface area (Å²) >= 11 is 1.51. The number of rotatable bonds is 5. The van der Waals surface area contributed by atoms with Gasteiger partial charge in [-0.3, -0.25) is 9.59 Å². The minimum absolute atomic E-state index is 0.00552.